The van der Waals surface area contributed by atoms with E-state index < -0.39 is 0 Å². The maximum Gasteiger partial charge on any atom is 0.0510 e. The summed E-state index contributed by atoms with van der Waals surface area (Å²) in [5.74, 6) is 0. The van der Waals surface area contributed by atoms with Gasteiger partial charge >= 0.3 is 0 Å². The predicted molar refractivity (Wildman–Crippen MR) is 70.3 cm³/mol. The number of nitrogens with two attached hydrogens (primary N) is 1. The number of hydrogen-bond acceptors (Lipinski definition) is 2. The van der Waals surface area contributed by atoms with E-state index in [9.17, 15) is 0 Å². The van der Waals surface area contributed by atoms with Crippen molar-refractivity contribution in [3.63, 3.8) is 0 Å². The van der Waals surface area contributed by atoms with Crippen LogP contribution in [0.5, 0.6) is 0 Å². The van der Waals surface area contributed by atoms with Crippen molar-refractivity contribution in [3.05, 3.63) is 48.6 Å². The average molecular weight is 218 g/mol. The second kappa shape index (κ2) is 5.83. The molecule has 0 bridgehead atoms. The summed E-state index contributed by atoms with van der Waals surface area (Å²) >= 11 is 0. The van der Waals surface area contributed by atoms with Gasteiger partial charge in [-0.1, -0.05) is 43.3 Å². The van der Waals surface area contributed by atoms with Gasteiger partial charge in [-0.2, -0.15) is 0 Å². The summed E-state index contributed by atoms with van der Waals surface area (Å²) < 4.78 is 0. The Morgan fingerprint density at radius 3 is 2.50 bits per heavy atom. The topological polar surface area (TPSA) is 29.3 Å². The predicted octanol–water partition coefficient (Wildman–Crippen LogP) is 2.37. The van der Waals surface area contributed by atoms with Gasteiger partial charge in [0.15, 0.2) is 0 Å². The molecule has 0 aliphatic heterocycles. The van der Waals surface area contributed by atoms with Crippen LogP contribution in [-0.4, -0.2) is 24.5 Å². The molecule has 2 heteroatoms. The monoisotopic (exact) mass is 218 g/mol. The number of benzene rings is 1. The Morgan fingerprint density at radius 1 is 1.38 bits per heavy atom. The molecule has 0 fully saturated rings. The maximum atomic E-state index is 6.37. The molecule has 88 valence electrons. The molecule has 1 atom stereocenters. The molecule has 0 saturated carbocycles. The molecular weight excluding hydrogens is 196 g/mol. The first-order valence-corrected chi connectivity index (χ1v) is 5.78. The van der Waals surface area contributed by atoms with E-state index in [0.717, 1.165) is 19.6 Å². The molecule has 2 nitrogen and oxygen atoms in total. The van der Waals surface area contributed by atoms with Crippen LogP contribution < -0.4 is 5.73 Å². The van der Waals surface area contributed by atoms with Gasteiger partial charge in [0.1, 0.15) is 0 Å². The Morgan fingerprint density at radius 2 is 2.00 bits per heavy atom. The summed E-state index contributed by atoms with van der Waals surface area (Å²) in [5, 5.41) is 0. The molecule has 0 aromatic heterocycles. The second-order valence-electron chi connectivity index (χ2n) is 4.40. The smallest absolute Gasteiger partial charge is 0.0510 e. The molecule has 1 unspecified atom stereocenters. The minimum absolute atomic E-state index is 0.305. The largest absolute Gasteiger partial charge is 0.321 e. The van der Waals surface area contributed by atoms with Crippen LogP contribution in [0.2, 0.25) is 0 Å². The second-order valence-corrected chi connectivity index (χ2v) is 4.40. The van der Waals surface area contributed by atoms with Crippen LogP contribution in [0.25, 0.3) is 0 Å². The highest BCUT2D eigenvalue weighted by atomic mass is 15.1. The minimum Gasteiger partial charge on any atom is -0.321 e. The van der Waals surface area contributed by atoms with E-state index >= 15 is 0 Å². The Bertz CT molecular complexity index is 317. The molecule has 1 rings (SSSR count). The zero-order valence-corrected chi connectivity index (χ0v) is 10.3. The standard InChI is InChI=1S/C14H22N2/c1-4-11-16(5-2)12-14(3,15)13-9-7-6-8-10-13/h4,6-10H,1,5,11-12,15H2,2-3H3. The number of nitrogens with zero attached hydrogens (tertiary/aromatic N) is 1. The highest BCUT2D eigenvalue weighted by Crippen LogP contribution is 2.18. The van der Waals surface area contributed by atoms with Crippen LogP contribution in [0, 0.1) is 0 Å². The highest BCUT2D eigenvalue weighted by molar-refractivity contribution is 5.23. The van der Waals surface area contributed by atoms with Gasteiger partial charge in [0.05, 0.1) is 5.54 Å². The highest BCUT2D eigenvalue weighted by Gasteiger charge is 2.23. The first kappa shape index (κ1) is 12.9. The third-order valence-electron chi connectivity index (χ3n) is 2.82. The van der Waals surface area contributed by atoms with Gasteiger partial charge in [0, 0.05) is 13.1 Å². The number of hydrogen-bond donors (Lipinski definition) is 1. The van der Waals surface area contributed by atoms with E-state index in [0.29, 0.717) is 0 Å². The Hall–Kier alpha value is -1.12. The van der Waals surface area contributed by atoms with E-state index in [4.69, 9.17) is 5.73 Å². The van der Waals surface area contributed by atoms with E-state index in [2.05, 4.69) is 37.5 Å². The first-order chi connectivity index (χ1) is 7.60. The molecule has 1 aromatic carbocycles. The Kier molecular flexibility index (Phi) is 4.71. The molecule has 0 saturated heterocycles. The molecule has 0 aliphatic rings. The van der Waals surface area contributed by atoms with Crippen LogP contribution in [0.4, 0.5) is 0 Å². The fourth-order valence-electron chi connectivity index (χ4n) is 1.86. The zero-order chi connectivity index (χ0) is 12.0. The molecule has 1 aromatic rings. The van der Waals surface area contributed by atoms with Crippen molar-refractivity contribution in [1.82, 2.24) is 4.90 Å². The van der Waals surface area contributed by atoms with Gasteiger partial charge < -0.3 is 5.73 Å². The SMILES string of the molecule is C=CCN(CC)CC(C)(N)c1ccccc1. The lowest BCUT2D eigenvalue weighted by Crippen LogP contribution is -2.45. The Labute approximate surface area is 98.8 Å². The van der Waals surface area contributed by atoms with Crippen molar-refractivity contribution in [2.45, 2.75) is 19.4 Å². The third kappa shape index (κ3) is 3.47. The summed E-state index contributed by atoms with van der Waals surface area (Å²) in [5.41, 5.74) is 7.24. The van der Waals surface area contributed by atoms with E-state index in [1.807, 2.05) is 24.3 Å². The van der Waals surface area contributed by atoms with Crippen molar-refractivity contribution in [2.75, 3.05) is 19.6 Å². The zero-order valence-electron chi connectivity index (χ0n) is 10.3. The third-order valence-corrected chi connectivity index (χ3v) is 2.82. The van der Waals surface area contributed by atoms with Crippen LogP contribution in [0.15, 0.2) is 43.0 Å². The van der Waals surface area contributed by atoms with Gasteiger partial charge in [-0.05, 0) is 19.0 Å². The molecule has 0 radical (unpaired) electrons. The molecule has 16 heavy (non-hydrogen) atoms. The van der Waals surface area contributed by atoms with Crippen LogP contribution in [0.3, 0.4) is 0 Å². The van der Waals surface area contributed by atoms with Crippen LogP contribution in [-0.2, 0) is 5.54 Å². The molecule has 0 aliphatic carbocycles. The minimum atomic E-state index is -0.305. The molecule has 2 N–H and O–H groups in total. The lowest BCUT2D eigenvalue weighted by molar-refractivity contribution is 0.248. The summed E-state index contributed by atoms with van der Waals surface area (Å²) in [4.78, 5) is 2.29. The number of rotatable bonds is 6. The maximum absolute atomic E-state index is 6.37. The quantitative estimate of drug-likeness (QED) is 0.743. The summed E-state index contributed by atoms with van der Waals surface area (Å²) in [6.07, 6.45) is 1.92. The van der Waals surface area contributed by atoms with Crippen molar-refractivity contribution < 1.29 is 0 Å². The van der Waals surface area contributed by atoms with Gasteiger partial charge in [0.25, 0.3) is 0 Å². The van der Waals surface area contributed by atoms with Gasteiger partial charge in [-0.15, -0.1) is 6.58 Å². The van der Waals surface area contributed by atoms with E-state index in [1.165, 1.54) is 5.56 Å². The lowest BCUT2D eigenvalue weighted by atomic mass is 9.92. The van der Waals surface area contributed by atoms with Crippen molar-refractivity contribution in [3.8, 4) is 0 Å². The molecule has 0 amide bonds. The van der Waals surface area contributed by atoms with Gasteiger partial charge in [-0.25, -0.2) is 0 Å². The molecule has 0 spiro atoms. The summed E-state index contributed by atoms with van der Waals surface area (Å²) in [7, 11) is 0. The normalized spacial score (nSPS) is 14.8. The molecule has 0 heterocycles. The van der Waals surface area contributed by atoms with Gasteiger partial charge in [-0.3, -0.25) is 4.90 Å². The van der Waals surface area contributed by atoms with Crippen molar-refractivity contribution in [2.24, 2.45) is 5.73 Å². The lowest BCUT2D eigenvalue weighted by Gasteiger charge is -2.31. The summed E-state index contributed by atoms with van der Waals surface area (Å²) in [6, 6.07) is 10.2. The average Bonchev–Trinajstić information content (AvgIpc) is 2.29. The molecular formula is C14H22N2. The fourth-order valence-corrected chi connectivity index (χ4v) is 1.86. The van der Waals surface area contributed by atoms with Crippen LogP contribution in [0.1, 0.15) is 19.4 Å². The van der Waals surface area contributed by atoms with Crippen molar-refractivity contribution >= 4 is 0 Å². The number of likely N-dealkylation sites (N-methyl/N-ethyl adjacent to an activating group) is 1. The fraction of sp³-hybridized carbons (Fsp3) is 0.429. The first-order valence-electron chi connectivity index (χ1n) is 5.78. The summed E-state index contributed by atoms with van der Waals surface area (Å²) in [6.45, 7) is 10.7. The van der Waals surface area contributed by atoms with Crippen LogP contribution >= 0.6 is 0 Å². The van der Waals surface area contributed by atoms with E-state index in [1.54, 1.807) is 0 Å². The van der Waals surface area contributed by atoms with Crippen molar-refractivity contribution in [1.29, 1.82) is 0 Å². The van der Waals surface area contributed by atoms with Gasteiger partial charge in [0.2, 0.25) is 0 Å². The van der Waals surface area contributed by atoms with E-state index in [-0.39, 0.29) is 5.54 Å². The Balaban J connectivity index is 2.74.